The van der Waals surface area contributed by atoms with Crippen molar-refractivity contribution < 1.29 is 19.4 Å². The van der Waals surface area contributed by atoms with Crippen LogP contribution in [0.1, 0.15) is 48.0 Å². The van der Waals surface area contributed by atoms with E-state index in [0.717, 1.165) is 0 Å². The van der Waals surface area contributed by atoms with Gasteiger partial charge in [0, 0.05) is 0 Å². The summed E-state index contributed by atoms with van der Waals surface area (Å²) in [5.41, 5.74) is -1.45. The summed E-state index contributed by atoms with van der Waals surface area (Å²) in [5.74, 6) is -2.34. The van der Waals surface area contributed by atoms with E-state index >= 15 is 0 Å². The zero-order valence-electron chi connectivity index (χ0n) is 11.6. The molecule has 0 heterocycles. The third-order valence-electron chi connectivity index (χ3n) is 3.40. The first-order chi connectivity index (χ1) is 7.71. The highest BCUT2D eigenvalue weighted by molar-refractivity contribution is 5.99. The van der Waals surface area contributed by atoms with E-state index in [4.69, 9.17) is 4.74 Å². The Kier molecular flexibility index (Phi) is 5.66. The Bertz CT molecular complexity index is 273. The number of carbonyl (C=O) groups is 2. The number of aliphatic carboxylic acids is 1. The maximum Gasteiger partial charge on any atom is 0.324 e. The van der Waals surface area contributed by atoms with E-state index in [1.54, 1.807) is 34.6 Å². The molecule has 17 heavy (non-hydrogen) atoms. The summed E-state index contributed by atoms with van der Waals surface area (Å²) in [6, 6.07) is 0. The molecule has 0 aromatic rings. The van der Waals surface area contributed by atoms with Crippen molar-refractivity contribution >= 4 is 11.9 Å². The summed E-state index contributed by atoms with van der Waals surface area (Å²) in [6.07, 6.45) is 0.427. The van der Waals surface area contributed by atoms with E-state index in [0.29, 0.717) is 6.42 Å². The van der Waals surface area contributed by atoms with Crippen LogP contribution in [0.5, 0.6) is 0 Å². The van der Waals surface area contributed by atoms with E-state index in [1.165, 1.54) is 0 Å². The lowest BCUT2D eigenvalue weighted by Crippen LogP contribution is -2.49. The summed E-state index contributed by atoms with van der Waals surface area (Å²) < 4.78 is 5.23. The van der Waals surface area contributed by atoms with Gasteiger partial charge in [-0.05, 0) is 25.2 Å². The number of rotatable bonds is 6. The number of carbonyl (C=O) groups excluding carboxylic acids is 1. The zero-order valence-corrected chi connectivity index (χ0v) is 11.6. The van der Waals surface area contributed by atoms with Crippen molar-refractivity contribution in [1.29, 1.82) is 0 Å². The molecule has 0 fully saturated rings. The maximum atomic E-state index is 12.2. The van der Waals surface area contributed by atoms with Gasteiger partial charge in [0.1, 0.15) is 0 Å². The lowest BCUT2D eigenvalue weighted by Gasteiger charge is -2.35. The standard InChI is InChI=1S/C13H24O4/c1-7-10(6)17-12(16)13(8(2)3,9(4)5)11(14)15/h8-10H,7H2,1-6H3,(H,14,15). The molecular formula is C13H24O4. The lowest BCUT2D eigenvalue weighted by atomic mass is 9.69. The van der Waals surface area contributed by atoms with Crippen LogP contribution >= 0.6 is 0 Å². The van der Waals surface area contributed by atoms with Crippen LogP contribution in [0.2, 0.25) is 0 Å². The third-order valence-corrected chi connectivity index (χ3v) is 3.40. The summed E-state index contributed by atoms with van der Waals surface area (Å²) in [5, 5.41) is 9.42. The van der Waals surface area contributed by atoms with Crippen molar-refractivity contribution in [3.8, 4) is 0 Å². The SMILES string of the molecule is CCC(C)OC(=O)C(C(=O)O)(C(C)C)C(C)C. The van der Waals surface area contributed by atoms with Crippen LogP contribution in [0.3, 0.4) is 0 Å². The van der Waals surface area contributed by atoms with Gasteiger partial charge in [-0.15, -0.1) is 0 Å². The lowest BCUT2D eigenvalue weighted by molar-refractivity contribution is -0.180. The highest BCUT2D eigenvalue weighted by atomic mass is 16.5. The largest absolute Gasteiger partial charge is 0.480 e. The van der Waals surface area contributed by atoms with Crippen molar-refractivity contribution in [2.45, 2.75) is 54.1 Å². The van der Waals surface area contributed by atoms with Crippen LogP contribution in [0.15, 0.2) is 0 Å². The summed E-state index contributed by atoms with van der Waals surface area (Å²) in [4.78, 5) is 23.7. The molecule has 100 valence electrons. The van der Waals surface area contributed by atoms with Gasteiger partial charge in [0.25, 0.3) is 0 Å². The van der Waals surface area contributed by atoms with Gasteiger partial charge in [0.05, 0.1) is 6.10 Å². The van der Waals surface area contributed by atoms with Crippen molar-refractivity contribution in [2.75, 3.05) is 0 Å². The van der Waals surface area contributed by atoms with Gasteiger partial charge in [-0.1, -0.05) is 34.6 Å². The summed E-state index contributed by atoms with van der Waals surface area (Å²) >= 11 is 0. The molecule has 0 aliphatic rings. The second-order valence-corrected chi connectivity index (χ2v) is 5.11. The molecule has 4 nitrogen and oxygen atoms in total. The molecule has 0 aliphatic heterocycles. The molecular weight excluding hydrogens is 220 g/mol. The molecule has 0 saturated carbocycles. The number of carboxylic acids is 1. The minimum Gasteiger partial charge on any atom is -0.480 e. The molecule has 4 heteroatoms. The molecule has 0 aromatic carbocycles. The average molecular weight is 244 g/mol. The quantitative estimate of drug-likeness (QED) is 0.576. The Morgan fingerprint density at radius 2 is 1.53 bits per heavy atom. The van der Waals surface area contributed by atoms with E-state index in [1.807, 2.05) is 6.92 Å². The number of ether oxygens (including phenoxy) is 1. The maximum absolute atomic E-state index is 12.2. The first-order valence-electron chi connectivity index (χ1n) is 6.15. The van der Waals surface area contributed by atoms with Crippen molar-refractivity contribution in [3.05, 3.63) is 0 Å². The fourth-order valence-electron chi connectivity index (χ4n) is 2.08. The van der Waals surface area contributed by atoms with Gasteiger partial charge >= 0.3 is 11.9 Å². The first kappa shape index (κ1) is 15.9. The van der Waals surface area contributed by atoms with Crippen LogP contribution in [-0.4, -0.2) is 23.1 Å². The third kappa shape index (κ3) is 2.99. The van der Waals surface area contributed by atoms with Gasteiger partial charge in [0.2, 0.25) is 0 Å². The zero-order chi connectivity index (χ0) is 13.8. The molecule has 1 unspecified atom stereocenters. The molecule has 0 aliphatic carbocycles. The minimum atomic E-state index is -1.45. The second-order valence-electron chi connectivity index (χ2n) is 5.11. The monoisotopic (exact) mass is 244 g/mol. The van der Waals surface area contributed by atoms with Crippen molar-refractivity contribution in [3.63, 3.8) is 0 Å². The van der Waals surface area contributed by atoms with Gasteiger partial charge in [-0.25, -0.2) is 0 Å². The van der Waals surface area contributed by atoms with E-state index in [2.05, 4.69) is 0 Å². The van der Waals surface area contributed by atoms with Gasteiger partial charge in [-0.2, -0.15) is 0 Å². The smallest absolute Gasteiger partial charge is 0.324 e. The molecule has 1 atom stereocenters. The molecule has 0 bridgehead atoms. The van der Waals surface area contributed by atoms with E-state index in [-0.39, 0.29) is 17.9 Å². The molecule has 0 rings (SSSR count). The Labute approximate surface area is 103 Å². The normalized spacial score (nSPS) is 13.9. The molecule has 0 radical (unpaired) electrons. The fourth-order valence-corrected chi connectivity index (χ4v) is 2.08. The van der Waals surface area contributed by atoms with Crippen LogP contribution in [0, 0.1) is 17.3 Å². The van der Waals surface area contributed by atoms with Gasteiger partial charge in [0.15, 0.2) is 5.41 Å². The Balaban J connectivity index is 5.31. The van der Waals surface area contributed by atoms with Crippen LogP contribution < -0.4 is 0 Å². The van der Waals surface area contributed by atoms with E-state index < -0.39 is 17.4 Å². The Hall–Kier alpha value is -1.06. The van der Waals surface area contributed by atoms with Gasteiger partial charge < -0.3 is 9.84 Å². The van der Waals surface area contributed by atoms with Crippen LogP contribution in [0.4, 0.5) is 0 Å². The highest BCUT2D eigenvalue weighted by Crippen LogP contribution is 2.38. The average Bonchev–Trinajstić information content (AvgIpc) is 2.16. The Morgan fingerprint density at radius 1 is 1.12 bits per heavy atom. The van der Waals surface area contributed by atoms with Crippen molar-refractivity contribution in [1.82, 2.24) is 0 Å². The molecule has 0 amide bonds. The van der Waals surface area contributed by atoms with E-state index in [9.17, 15) is 14.7 Å². The second kappa shape index (κ2) is 6.03. The van der Waals surface area contributed by atoms with Crippen LogP contribution in [0.25, 0.3) is 0 Å². The summed E-state index contributed by atoms with van der Waals surface area (Å²) in [7, 11) is 0. The number of hydrogen-bond acceptors (Lipinski definition) is 3. The number of hydrogen-bond donors (Lipinski definition) is 1. The van der Waals surface area contributed by atoms with Gasteiger partial charge in [-0.3, -0.25) is 9.59 Å². The summed E-state index contributed by atoms with van der Waals surface area (Å²) in [6.45, 7) is 10.6. The molecule has 1 N–H and O–H groups in total. The molecule has 0 aromatic heterocycles. The predicted octanol–water partition coefficient (Wildman–Crippen LogP) is 2.71. The molecule has 0 spiro atoms. The number of esters is 1. The van der Waals surface area contributed by atoms with Crippen molar-refractivity contribution in [2.24, 2.45) is 17.3 Å². The predicted molar refractivity (Wildman–Crippen MR) is 65.6 cm³/mol. The first-order valence-corrected chi connectivity index (χ1v) is 6.15. The highest BCUT2D eigenvalue weighted by Gasteiger charge is 2.53. The fraction of sp³-hybridized carbons (Fsp3) is 0.846. The minimum absolute atomic E-state index is 0.251. The topological polar surface area (TPSA) is 63.6 Å². The Morgan fingerprint density at radius 3 is 1.76 bits per heavy atom. The molecule has 0 saturated heterocycles. The number of carboxylic acid groups (broad SMARTS) is 1. The van der Waals surface area contributed by atoms with Crippen LogP contribution in [-0.2, 0) is 14.3 Å².